The summed E-state index contributed by atoms with van der Waals surface area (Å²) in [6.07, 6.45) is 6.86. The van der Waals surface area contributed by atoms with E-state index in [4.69, 9.17) is 0 Å². The molecule has 134 valence electrons. The van der Waals surface area contributed by atoms with Crippen molar-refractivity contribution >= 4 is 11.9 Å². The van der Waals surface area contributed by atoms with E-state index in [2.05, 4.69) is 33.4 Å². The number of amides is 1. The van der Waals surface area contributed by atoms with Crippen LogP contribution in [-0.4, -0.2) is 49.7 Å². The standard InChI is InChI=1S/C18H26N6O/c1-14-12-15(2)24(22-14)13-16-6-4-11-23(16)17(25)7-3-8-19-18-20-9-5-10-21-18/h5,9-10,12,16H,3-4,6-8,11,13H2,1-2H3,(H,19,20,21)/t16-/m0/s1. The highest BCUT2D eigenvalue weighted by Gasteiger charge is 2.29. The van der Waals surface area contributed by atoms with E-state index in [1.165, 1.54) is 0 Å². The summed E-state index contributed by atoms with van der Waals surface area (Å²) in [6, 6.07) is 4.12. The molecule has 1 saturated heterocycles. The lowest BCUT2D eigenvalue weighted by atomic mass is 10.2. The summed E-state index contributed by atoms with van der Waals surface area (Å²) in [5.74, 6) is 0.846. The van der Waals surface area contributed by atoms with E-state index < -0.39 is 0 Å². The zero-order valence-electron chi connectivity index (χ0n) is 15.0. The number of aromatic nitrogens is 4. The van der Waals surface area contributed by atoms with Crippen molar-refractivity contribution in [1.82, 2.24) is 24.6 Å². The second-order valence-corrected chi connectivity index (χ2v) is 6.60. The lowest BCUT2D eigenvalue weighted by molar-refractivity contribution is -0.132. The summed E-state index contributed by atoms with van der Waals surface area (Å²) in [7, 11) is 0. The molecule has 1 aliphatic heterocycles. The predicted octanol–water partition coefficient (Wildman–Crippen LogP) is 2.17. The third kappa shape index (κ3) is 4.55. The fourth-order valence-corrected chi connectivity index (χ4v) is 3.39. The molecule has 25 heavy (non-hydrogen) atoms. The number of likely N-dealkylation sites (tertiary alicyclic amines) is 1. The fraction of sp³-hybridized carbons (Fsp3) is 0.556. The van der Waals surface area contributed by atoms with Crippen LogP contribution in [0.4, 0.5) is 5.95 Å². The first-order chi connectivity index (χ1) is 12.1. The van der Waals surface area contributed by atoms with Crippen molar-refractivity contribution in [1.29, 1.82) is 0 Å². The molecule has 3 rings (SSSR count). The van der Waals surface area contributed by atoms with Crippen molar-refractivity contribution in [3.8, 4) is 0 Å². The van der Waals surface area contributed by atoms with E-state index in [1.54, 1.807) is 18.5 Å². The van der Waals surface area contributed by atoms with Gasteiger partial charge in [-0.15, -0.1) is 0 Å². The van der Waals surface area contributed by atoms with Gasteiger partial charge >= 0.3 is 0 Å². The highest BCUT2D eigenvalue weighted by molar-refractivity contribution is 5.76. The number of carbonyl (C=O) groups is 1. The Morgan fingerprint density at radius 3 is 2.84 bits per heavy atom. The van der Waals surface area contributed by atoms with Crippen LogP contribution in [0.25, 0.3) is 0 Å². The highest BCUT2D eigenvalue weighted by Crippen LogP contribution is 2.21. The Hall–Kier alpha value is -2.44. The van der Waals surface area contributed by atoms with Gasteiger partial charge in [-0.05, 0) is 45.2 Å². The van der Waals surface area contributed by atoms with E-state index in [0.29, 0.717) is 18.9 Å². The van der Waals surface area contributed by atoms with Crippen LogP contribution in [0, 0.1) is 13.8 Å². The molecule has 1 aliphatic rings. The van der Waals surface area contributed by atoms with Gasteiger partial charge in [0.1, 0.15) is 0 Å². The van der Waals surface area contributed by atoms with Gasteiger partial charge in [0.05, 0.1) is 18.3 Å². The summed E-state index contributed by atoms with van der Waals surface area (Å²) in [4.78, 5) is 22.9. The van der Waals surface area contributed by atoms with Gasteiger partial charge in [-0.2, -0.15) is 5.10 Å². The molecule has 0 unspecified atom stereocenters. The van der Waals surface area contributed by atoms with Gasteiger partial charge in [-0.25, -0.2) is 9.97 Å². The summed E-state index contributed by atoms with van der Waals surface area (Å²) >= 11 is 0. The van der Waals surface area contributed by atoms with E-state index >= 15 is 0 Å². The van der Waals surface area contributed by atoms with Crippen LogP contribution < -0.4 is 5.32 Å². The van der Waals surface area contributed by atoms with Gasteiger partial charge in [-0.1, -0.05) is 0 Å². The van der Waals surface area contributed by atoms with Crippen LogP contribution in [-0.2, 0) is 11.3 Å². The summed E-state index contributed by atoms with van der Waals surface area (Å²) in [5, 5.41) is 7.68. The number of carbonyl (C=O) groups excluding carboxylic acids is 1. The zero-order chi connectivity index (χ0) is 17.6. The first kappa shape index (κ1) is 17.4. The molecule has 3 heterocycles. The second kappa shape index (κ2) is 8.09. The van der Waals surface area contributed by atoms with Crippen LogP contribution in [0.1, 0.15) is 37.1 Å². The first-order valence-electron chi connectivity index (χ1n) is 8.95. The maximum Gasteiger partial charge on any atom is 0.222 e. The van der Waals surface area contributed by atoms with E-state index in [-0.39, 0.29) is 11.9 Å². The summed E-state index contributed by atoms with van der Waals surface area (Å²) < 4.78 is 2.03. The average molecular weight is 342 g/mol. The smallest absolute Gasteiger partial charge is 0.222 e. The molecule has 2 aromatic heterocycles. The van der Waals surface area contributed by atoms with Crippen molar-refractivity contribution in [2.45, 2.75) is 52.1 Å². The Kier molecular flexibility index (Phi) is 5.63. The zero-order valence-corrected chi connectivity index (χ0v) is 15.0. The summed E-state index contributed by atoms with van der Waals surface area (Å²) in [6.45, 7) is 6.42. The van der Waals surface area contributed by atoms with Crippen LogP contribution in [0.3, 0.4) is 0 Å². The Labute approximate surface area is 148 Å². The second-order valence-electron chi connectivity index (χ2n) is 6.60. The third-order valence-corrected chi connectivity index (χ3v) is 4.60. The van der Waals surface area contributed by atoms with E-state index in [0.717, 1.165) is 43.7 Å². The molecule has 0 aliphatic carbocycles. The average Bonchev–Trinajstić information content (AvgIpc) is 3.19. The number of rotatable bonds is 7. The van der Waals surface area contributed by atoms with Gasteiger partial charge in [0.15, 0.2) is 0 Å². The highest BCUT2D eigenvalue weighted by atomic mass is 16.2. The molecule has 0 radical (unpaired) electrons. The number of aryl methyl sites for hydroxylation is 2. The molecular formula is C18H26N6O. The van der Waals surface area contributed by atoms with Crippen molar-refractivity contribution < 1.29 is 4.79 Å². The van der Waals surface area contributed by atoms with E-state index in [9.17, 15) is 4.79 Å². The number of hydrogen-bond donors (Lipinski definition) is 1. The molecule has 0 spiro atoms. The van der Waals surface area contributed by atoms with Gasteiger partial charge in [-0.3, -0.25) is 9.48 Å². The Balaban J connectivity index is 1.46. The van der Waals surface area contributed by atoms with Gasteiger partial charge in [0.2, 0.25) is 11.9 Å². The van der Waals surface area contributed by atoms with Crippen LogP contribution in [0.2, 0.25) is 0 Å². The SMILES string of the molecule is Cc1cc(C)n(C[C@@H]2CCCN2C(=O)CCCNc2ncccn2)n1. The number of hydrogen-bond acceptors (Lipinski definition) is 5. The minimum absolute atomic E-state index is 0.236. The molecule has 1 N–H and O–H groups in total. The topological polar surface area (TPSA) is 75.9 Å². The number of nitrogens with zero attached hydrogens (tertiary/aromatic N) is 5. The molecule has 1 fully saturated rings. The van der Waals surface area contributed by atoms with Crippen LogP contribution in [0.5, 0.6) is 0 Å². The quantitative estimate of drug-likeness (QED) is 0.781. The van der Waals surface area contributed by atoms with Gasteiger partial charge in [0, 0.05) is 37.6 Å². The predicted molar refractivity (Wildman–Crippen MR) is 96.2 cm³/mol. The van der Waals surface area contributed by atoms with Crippen molar-refractivity contribution in [2.75, 3.05) is 18.4 Å². The van der Waals surface area contributed by atoms with E-state index in [1.807, 2.05) is 16.5 Å². The van der Waals surface area contributed by atoms with Crippen LogP contribution in [0.15, 0.2) is 24.5 Å². The molecule has 1 amide bonds. The molecule has 0 bridgehead atoms. The lowest BCUT2D eigenvalue weighted by Gasteiger charge is -2.25. The lowest BCUT2D eigenvalue weighted by Crippen LogP contribution is -2.38. The van der Waals surface area contributed by atoms with Crippen LogP contribution >= 0.6 is 0 Å². The molecular weight excluding hydrogens is 316 g/mol. The first-order valence-corrected chi connectivity index (χ1v) is 8.95. The maximum absolute atomic E-state index is 12.6. The minimum atomic E-state index is 0.236. The van der Waals surface area contributed by atoms with Gasteiger partial charge < -0.3 is 10.2 Å². The Bertz CT molecular complexity index is 699. The van der Waals surface area contributed by atoms with Crippen molar-refractivity contribution in [3.05, 3.63) is 35.9 Å². The maximum atomic E-state index is 12.6. The van der Waals surface area contributed by atoms with Crippen molar-refractivity contribution in [2.24, 2.45) is 0 Å². The molecule has 1 atom stereocenters. The monoisotopic (exact) mass is 342 g/mol. The Morgan fingerprint density at radius 2 is 2.12 bits per heavy atom. The molecule has 7 nitrogen and oxygen atoms in total. The number of anilines is 1. The molecule has 0 saturated carbocycles. The third-order valence-electron chi connectivity index (χ3n) is 4.60. The van der Waals surface area contributed by atoms with Gasteiger partial charge in [0.25, 0.3) is 0 Å². The minimum Gasteiger partial charge on any atom is -0.354 e. The number of nitrogens with one attached hydrogen (secondary N) is 1. The fourth-order valence-electron chi connectivity index (χ4n) is 3.39. The molecule has 2 aromatic rings. The Morgan fingerprint density at radius 1 is 1.32 bits per heavy atom. The summed E-state index contributed by atoms with van der Waals surface area (Å²) in [5.41, 5.74) is 2.19. The van der Waals surface area contributed by atoms with Crippen molar-refractivity contribution in [3.63, 3.8) is 0 Å². The molecule has 7 heteroatoms. The molecule has 0 aromatic carbocycles. The largest absolute Gasteiger partial charge is 0.354 e. The normalized spacial score (nSPS) is 17.0.